The zero-order valence-electron chi connectivity index (χ0n) is 23.5. The molecule has 0 aliphatic carbocycles. The molecule has 222 valence electrons. The number of amides is 1. The highest BCUT2D eigenvalue weighted by Gasteiger charge is 2.22. The van der Waals surface area contributed by atoms with Crippen LogP contribution < -0.4 is 26.0 Å². The summed E-state index contributed by atoms with van der Waals surface area (Å²) in [5.41, 5.74) is 8.32. The lowest BCUT2D eigenvalue weighted by atomic mass is 10.1. The molecular weight excluding hydrogens is 544 g/mol. The molecule has 2 aliphatic heterocycles. The summed E-state index contributed by atoms with van der Waals surface area (Å²) in [6.45, 7) is 4.71. The number of carbonyl (C=O) groups excluding carboxylic acids is 1. The number of carbonyl (C=O) groups is 1. The van der Waals surface area contributed by atoms with Gasteiger partial charge in [0.15, 0.2) is 5.84 Å². The van der Waals surface area contributed by atoms with Crippen molar-refractivity contribution < 1.29 is 23.0 Å². The van der Waals surface area contributed by atoms with Crippen molar-refractivity contribution in [3.63, 3.8) is 0 Å². The van der Waals surface area contributed by atoms with Crippen molar-refractivity contribution >= 4 is 28.8 Å². The van der Waals surface area contributed by atoms with Gasteiger partial charge in [-0.2, -0.15) is 0 Å². The van der Waals surface area contributed by atoms with E-state index >= 15 is 0 Å². The Hall–Kier alpha value is -4.29. The molecular formula is C30H35F2N7O3. The second-order valence-corrected chi connectivity index (χ2v) is 10.5. The number of nitrogens with one attached hydrogen (secondary N) is 3. The summed E-state index contributed by atoms with van der Waals surface area (Å²) in [6, 6.07) is 11.8. The largest absolute Gasteiger partial charge is 0.473 e. The van der Waals surface area contributed by atoms with E-state index in [1.54, 1.807) is 6.07 Å². The van der Waals surface area contributed by atoms with Gasteiger partial charge in [0.2, 0.25) is 5.88 Å². The van der Waals surface area contributed by atoms with Crippen molar-refractivity contribution in [2.24, 2.45) is 0 Å². The standard InChI is InChI=1S/C30H35F2N7O3/c1-38-10-12-39(13-11-38)22-3-4-23(26(17-22)35-21-8-14-41-15-9-21)30(40)37-29(34)28-25(33)6-7-27(36-28)42-18-19-16-20(31)2-5-24(19)32/h2-7,16-17,21,35H,8-15,18,33H2,1H3,(H2,34,37,40). The number of piperazine rings is 1. The Morgan fingerprint density at radius 3 is 2.62 bits per heavy atom. The molecule has 3 aromatic rings. The van der Waals surface area contributed by atoms with Gasteiger partial charge >= 0.3 is 0 Å². The average molecular weight is 580 g/mol. The SMILES string of the molecule is CN1CCN(c2ccc(C(=O)NC(=N)c3nc(OCc4cc(F)ccc4F)ccc3N)c(NC3CCOCC3)c2)CC1. The van der Waals surface area contributed by atoms with Crippen LogP contribution in [0.2, 0.25) is 0 Å². The number of rotatable bonds is 8. The van der Waals surface area contributed by atoms with Gasteiger partial charge in [0.1, 0.15) is 23.9 Å². The van der Waals surface area contributed by atoms with Crippen molar-refractivity contribution in [2.75, 3.05) is 62.4 Å². The third kappa shape index (κ3) is 7.12. The van der Waals surface area contributed by atoms with E-state index in [0.29, 0.717) is 24.5 Å². The third-order valence-corrected chi connectivity index (χ3v) is 7.46. The van der Waals surface area contributed by atoms with Gasteiger partial charge in [-0.25, -0.2) is 13.8 Å². The smallest absolute Gasteiger partial charge is 0.258 e. The fourth-order valence-electron chi connectivity index (χ4n) is 4.95. The molecule has 12 heteroatoms. The molecule has 0 atom stereocenters. The number of nitrogens with zero attached hydrogens (tertiary/aromatic N) is 3. The molecule has 0 spiro atoms. The maximum atomic E-state index is 14.0. The van der Waals surface area contributed by atoms with E-state index in [4.69, 9.17) is 20.6 Å². The van der Waals surface area contributed by atoms with Crippen molar-refractivity contribution in [2.45, 2.75) is 25.5 Å². The quantitative estimate of drug-likeness (QED) is 0.235. The molecule has 2 saturated heterocycles. The highest BCUT2D eigenvalue weighted by molar-refractivity contribution is 6.14. The van der Waals surface area contributed by atoms with E-state index in [0.717, 1.165) is 62.9 Å². The maximum absolute atomic E-state index is 14.0. The first-order chi connectivity index (χ1) is 20.3. The van der Waals surface area contributed by atoms with Crippen LogP contribution in [0.15, 0.2) is 48.5 Å². The van der Waals surface area contributed by atoms with Gasteiger partial charge in [-0.05, 0) is 62.4 Å². The van der Waals surface area contributed by atoms with Crippen molar-refractivity contribution in [3.8, 4) is 5.88 Å². The number of anilines is 3. The van der Waals surface area contributed by atoms with Crippen LogP contribution >= 0.6 is 0 Å². The van der Waals surface area contributed by atoms with Crippen LogP contribution in [0.1, 0.15) is 34.5 Å². The van der Waals surface area contributed by atoms with Crippen LogP contribution in [-0.2, 0) is 11.3 Å². The molecule has 0 bridgehead atoms. The zero-order valence-corrected chi connectivity index (χ0v) is 23.5. The topological polar surface area (TPSA) is 129 Å². The Morgan fingerprint density at radius 2 is 1.86 bits per heavy atom. The molecule has 42 heavy (non-hydrogen) atoms. The van der Waals surface area contributed by atoms with Gasteiger partial charge in [0.25, 0.3) is 5.91 Å². The monoisotopic (exact) mass is 579 g/mol. The highest BCUT2D eigenvalue weighted by atomic mass is 19.1. The number of nitrogen functional groups attached to an aromatic ring is 1. The van der Waals surface area contributed by atoms with Crippen LogP contribution in [0.5, 0.6) is 5.88 Å². The normalized spacial score (nSPS) is 16.2. The minimum Gasteiger partial charge on any atom is -0.473 e. The minimum absolute atomic E-state index is 0.00596. The van der Waals surface area contributed by atoms with Crippen LogP contribution in [0.25, 0.3) is 0 Å². The van der Waals surface area contributed by atoms with Gasteiger partial charge in [-0.15, -0.1) is 0 Å². The van der Waals surface area contributed by atoms with E-state index < -0.39 is 17.5 Å². The van der Waals surface area contributed by atoms with Crippen molar-refractivity contribution in [1.29, 1.82) is 5.41 Å². The summed E-state index contributed by atoms with van der Waals surface area (Å²) in [6.07, 6.45) is 1.64. The number of likely N-dealkylation sites (N-methyl/N-ethyl adjacent to an activating group) is 1. The summed E-state index contributed by atoms with van der Waals surface area (Å²) < 4.78 is 38.5. The third-order valence-electron chi connectivity index (χ3n) is 7.46. The Morgan fingerprint density at radius 1 is 1.10 bits per heavy atom. The number of amidine groups is 1. The Bertz CT molecular complexity index is 1440. The van der Waals surface area contributed by atoms with Crippen LogP contribution in [0, 0.1) is 17.0 Å². The maximum Gasteiger partial charge on any atom is 0.258 e. The van der Waals surface area contributed by atoms with Gasteiger partial charge in [-0.1, -0.05) is 0 Å². The van der Waals surface area contributed by atoms with Gasteiger partial charge in [0, 0.05) is 68.4 Å². The summed E-state index contributed by atoms with van der Waals surface area (Å²) >= 11 is 0. The highest BCUT2D eigenvalue weighted by Crippen LogP contribution is 2.27. The van der Waals surface area contributed by atoms with Crippen molar-refractivity contribution in [1.82, 2.24) is 15.2 Å². The molecule has 2 aliphatic rings. The Labute approximate surface area is 243 Å². The summed E-state index contributed by atoms with van der Waals surface area (Å²) in [5.74, 6) is -1.97. The molecule has 2 aromatic carbocycles. The summed E-state index contributed by atoms with van der Waals surface area (Å²) in [7, 11) is 2.10. The lowest BCUT2D eigenvalue weighted by molar-refractivity contribution is 0.0904. The summed E-state index contributed by atoms with van der Waals surface area (Å²) in [4.78, 5) is 22.3. The first-order valence-electron chi connectivity index (χ1n) is 13.9. The number of nitrogens with two attached hydrogens (primary N) is 1. The van der Waals surface area contributed by atoms with Gasteiger partial charge in [-0.3, -0.25) is 10.2 Å². The number of benzene rings is 2. The van der Waals surface area contributed by atoms with Gasteiger partial charge < -0.3 is 35.6 Å². The molecule has 5 rings (SSSR count). The van der Waals surface area contributed by atoms with E-state index in [2.05, 4.69) is 32.5 Å². The first-order valence-corrected chi connectivity index (χ1v) is 13.9. The van der Waals surface area contributed by atoms with Crippen LogP contribution in [-0.4, -0.2) is 74.1 Å². The zero-order chi connectivity index (χ0) is 29.6. The number of aromatic nitrogens is 1. The molecule has 5 N–H and O–H groups in total. The predicted molar refractivity (Wildman–Crippen MR) is 157 cm³/mol. The number of halogens is 2. The lowest BCUT2D eigenvalue weighted by Gasteiger charge is -2.34. The number of pyridine rings is 1. The second kappa shape index (κ2) is 13.1. The number of hydrogen-bond donors (Lipinski definition) is 4. The Kier molecular flexibility index (Phi) is 9.13. The molecule has 10 nitrogen and oxygen atoms in total. The minimum atomic E-state index is -0.615. The molecule has 1 amide bonds. The van der Waals surface area contributed by atoms with Gasteiger partial charge in [0.05, 0.1) is 11.3 Å². The predicted octanol–water partition coefficient (Wildman–Crippen LogP) is 3.62. The van der Waals surface area contributed by atoms with E-state index in [1.165, 1.54) is 12.1 Å². The number of hydrogen-bond acceptors (Lipinski definition) is 9. The molecule has 0 saturated carbocycles. The average Bonchev–Trinajstić information content (AvgIpc) is 2.99. The Balaban J connectivity index is 1.32. The molecule has 3 heterocycles. The lowest BCUT2D eigenvalue weighted by Crippen LogP contribution is -2.44. The first kappa shape index (κ1) is 29.2. The molecule has 1 aromatic heterocycles. The molecule has 2 fully saturated rings. The van der Waals surface area contributed by atoms with Crippen LogP contribution in [0.3, 0.4) is 0 Å². The van der Waals surface area contributed by atoms with Crippen molar-refractivity contribution in [3.05, 3.63) is 77.0 Å². The van der Waals surface area contributed by atoms with E-state index in [9.17, 15) is 13.6 Å². The fraction of sp³-hybridized carbons (Fsp3) is 0.367. The second-order valence-electron chi connectivity index (χ2n) is 10.5. The molecule has 0 unspecified atom stereocenters. The number of ether oxygens (including phenoxy) is 2. The van der Waals surface area contributed by atoms with E-state index in [-0.39, 0.29) is 41.3 Å². The molecule has 0 radical (unpaired) electrons. The fourth-order valence-corrected chi connectivity index (χ4v) is 4.95. The van der Waals surface area contributed by atoms with E-state index in [1.807, 2.05) is 12.1 Å². The summed E-state index contributed by atoms with van der Waals surface area (Å²) in [5, 5.41) is 14.7. The van der Waals surface area contributed by atoms with Crippen LogP contribution in [0.4, 0.5) is 25.8 Å².